The quantitative estimate of drug-likeness (QED) is 0.842. The van der Waals surface area contributed by atoms with E-state index in [9.17, 15) is 13.2 Å². The van der Waals surface area contributed by atoms with Gasteiger partial charge in [0, 0.05) is 0 Å². The summed E-state index contributed by atoms with van der Waals surface area (Å²) in [6.07, 6.45) is 0. The lowest BCUT2D eigenvalue weighted by Gasteiger charge is -2.08. The highest BCUT2D eigenvalue weighted by Crippen LogP contribution is 2.23. The molecule has 0 bridgehead atoms. The van der Waals surface area contributed by atoms with E-state index in [0.717, 1.165) is 5.39 Å². The molecular weight excluding hydrogens is 256 g/mol. The summed E-state index contributed by atoms with van der Waals surface area (Å²) in [6.45, 7) is 1.66. The molecule has 0 aliphatic heterocycles. The average molecular weight is 266 g/mol. The summed E-state index contributed by atoms with van der Waals surface area (Å²) in [4.78, 5) is 11.7. The third-order valence-corrected chi connectivity index (χ3v) is 2.88. The lowest BCUT2D eigenvalue weighted by molar-refractivity contribution is 0.0729. The van der Waals surface area contributed by atoms with Gasteiger partial charge in [-0.1, -0.05) is 36.4 Å². The van der Waals surface area contributed by atoms with E-state index in [2.05, 4.69) is 4.18 Å². The third-order valence-electron chi connectivity index (χ3n) is 2.52. The first-order valence-electron chi connectivity index (χ1n) is 5.08. The van der Waals surface area contributed by atoms with Gasteiger partial charge in [0.05, 0.1) is 5.56 Å². The standard InChI is InChI=1S/C12H10O5S/c1-8-6-7-9-4-2-3-5-10(9)11(8)12(13)17-18(14,15)16/h2-7H,1H3,(H,14,15,16). The Kier molecular flexibility index (Phi) is 3.06. The molecule has 0 aliphatic rings. The van der Waals surface area contributed by atoms with Crippen LogP contribution in [0.4, 0.5) is 0 Å². The molecule has 0 aliphatic carbocycles. The first-order valence-corrected chi connectivity index (χ1v) is 6.44. The second-order valence-corrected chi connectivity index (χ2v) is 4.80. The fourth-order valence-electron chi connectivity index (χ4n) is 1.79. The molecule has 94 valence electrons. The molecule has 0 unspecified atom stereocenters. The van der Waals surface area contributed by atoms with Crippen molar-refractivity contribution >= 4 is 27.1 Å². The molecular formula is C12H10O5S. The van der Waals surface area contributed by atoms with E-state index in [4.69, 9.17) is 4.55 Å². The van der Waals surface area contributed by atoms with E-state index in [0.29, 0.717) is 10.9 Å². The van der Waals surface area contributed by atoms with Crippen molar-refractivity contribution in [3.63, 3.8) is 0 Å². The lowest BCUT2D eigenvalue weighted by atomic mass is 10.00. The van der Waals surface area contributed by atoms with Gasteiger partial charge in [-0.3, -0.25) is 4.55 Å². The SMILES string of the molecule is Cc1ccc2ccccc2c1C(=O)OS(=O)(=O)O. The molecule has 2 aromatic rings. The van der Waals surface area contributed by atoms with Crippen LogP contribution in [-0.2, 0) is 14.6 Å². The fraction of sp³-hybridized carbons (Fsp3) is 0.0833. The summed E-state index contributed by atoms with van der Waals surface area (Å²) in [5, 5.41) is 1.36. The van der Waals surface area contributed by atoms with Gasteiger partial charge in [-0.05, 0) is 23.3 Å². The van der Waals surface area contributed by atoms with E-state index in [-0.39, 0.29) is 5.56 Å². The zero-order valence-electron chi connectivity index (χ0n) is 9.45. The first-order chi connectivity index (χ1) is 8.38. The van der Waals surface area contributed by atoms with E-state index >= 15 is 0 Å². The molecule has 0 amide bonds. The Morgan fingerprint density at radius 2 is 1.83 bits per heavy atom. The maximum Gasteiger partial charge on any atom is 0.449 e. The van der Waals surface area contributed by atoms with Crippen molar-refractivity contribution in [2.45, 2.75) is 6.92 Å². The van der Waals surface area contributed by atoms with Crippen molar-refractivity contribution in [3.05, 3.63) is 47.5 Å². The van der Waals surface area contributed by atoms with Crippen LogP contribution in [0.2, 0.25) is 0 Å². The van der Waals surface area contributed by atoms with Crippen LogP contribution < -0.4 is 0 Å². The summed E-state index contributed by atoms with van der Waals surface area (Å²) in [7, 11) is -4.81. The summed E-state index contributed by atoms with van der Waals surface area (Å²) < 4.78 is 33.7. The van der Waals surface area contributed by atoms with E-state index in [1.807, 2.05) is 6.07 Å². The van der Waals surface area contributed by atoms with Crippen LogP contribution in [-0.4, -0.2) is 18.9 Å². The molecule has 0 aromatic heterocycles. The Hall–Kier alpha value is -1.92. The third kappa shape index (κ3) is 2.49. The highest BCUT2D eigenvalue weighted by Gasteiger charge is 2.19. The molecule has 0 radical (unpaired) electrons. The smallest absolute Gasteiger partial charge is 0.320 e. The minimum atomic E-state index is -4.81. The minimum Gasteiger partial charge on any atom is -0.320 e. The molecule has 0 heterocycles. The Morgan fingerprint density at radius 3 is 2.50 bits per heavy atom. The van der Waals surface area contributed by atoms with Crippen molar-refractivity contribution in [1.82, 2.24) is 0 Å². The molecule has 2 rings (SSSR count). The van der Waals surface area contributed by atoms with Gasteiger partial charge in [0.1, 0.15) is 0 Å². The number of carbonyl (C=O) groups excluding carboxylic acids is 1. The Bertz CT molecular complexity index is 718. The average Bonchev–Trinajstić information content (AvgIpc) is 2.26. The number of hydrogen-bond donors (Lipinski definition) is 1. The van der Waals surface area contributed by atoms with Crippen LogP contribution in [0.5, 0.6) is 0 Å². The molecule has 0 spiro atoms. The maximum atomic E-state index is 11.7. The topological polar surface area (TPSA) is 80.7 Å². The molecule has 18 heavy (non-hydrogen) atoms. The van der Waals surface area contributed by atoms with Gasteiger partial charge >= 0.3 is 16.4 Å². The van der Waals surface area contributed by atoms with Gasteiger partial charge < -0.3 is 4.18 Å². The van der Waals surface area contributed by atoms with Crippen molar-refractivity contribution in [1.29, 1.82) is 0 Å². The first kappa shape index (κ1) is 12.5. The zero-order chi connectivity index (χ0) is 13.3. The predicted octanol–water partition coefficient (Wildman–Crippen LogP) is 2.11. The summed E-state index contributed by atoms with van der Waals surface area (Å²) in [6, 6.07) is 10.5. The van der Waals surface area contributed by atoms with Crippen LogP contribution in [0.1, 0.15) is 15.9 Å². The normalized spacial score (nSPS) is 11.4. The molecule has 0 saturated carbocycles. The van der Waals surface area contributed by atoms with E-state index in [1.54, 1.807) is 37.3 Å². The molecule has 6 heteroatoms. The number of hydrogen-bond acceptors (Lipinski definition) is 4. The molecule has 5 nitrogen and oxygen atoms in total. The van der Waals surface area contributed by atoms with Crippen molar-refractivity contribution in [2.75, 3.05) is 0 Å². The van der Waals surface area contributed by atoms with Crippen molar-refractivity contribution < 1.29 is 21.9 Å². The van der Waals surface area contributed by atoms with Gasteiger partial charge in [-0.2, -0.15) is 8.42 Å². The van der Waals surface area contributed by atoms with Crippen LogP contribution >= 0.6 is 0 Å². The Morgan fingerprint density at radius 1 is 1.17 bits per heavy atom. The number of rotatable bonds is 2. The van der Waals surface area contributed by atoms with Gasteiger partial charge in [-0.15, -0.1) is 0 Å². The molecule has 1 N–H and O–H groups in total. The molecule has 2 aromatic carbocycles. The van der Waals surface area contributed by atoms with Gasteiger partial charge in [0.2, 0.25) is 0 Å². The summed E-state index contributed by atoms with van der Waals surface area (Å²) in [5.74, 6) is -1.09. The minimum absolute atomic E-state index is 0.130. The number of carbonyl (C=O) groups is 1. The van der Waals surface area contributed by atoms with E-state index in [1.165, 1.54) is 0 Å². The van der Waals surface area contributed by atoms with Crippen LogP contribution in [0.3, 0.4) is 0 Å². The van der Waals surface area contributed by atoms with Crippen LogP contribution in [0.25, 0.3) is 10.8 Å². The van der Waals surface area contributed by atoms with Gasteiger partial charge in [0.15, 0.2) is 0 Å². The molecule has 0 atom stereocenters. The van der Waals surface area contributed by atoms with Gasteiger partial charge in [0.25, 0.3) is 0 Å². The highest BCUT2D eigenvalue weighted by atomic mass is 32.3. The molecule has 0 fully saturated rings. The van der Waals surface area contributed by atoms with Crippen LogP contribution in [0, 0.1) is 6.92 Å². The number of fused-ring (bicyclic) bond motifs is 1. The lowest BCUT2D eigenvalue weighted by Crippen LogP contribution is -2.13. The Balaban J connectivity index is 2.63. The van der Waals surface area contributed by atoms with Crippen molar-refractivity contribution in [3.8, 4) is 0 Å². The summed E-state index contributed by atoms with van der Waals surface area (Å²) in [5.41, 5.74) is 0.702. The number of benzene rings is 2. The van der Waals surface area contributed by atoms with Crippen molar-refractivity contribution in [2.24, 2.45) is 0 Å². The second kappa shape index (κ2) is 4.40. The maximum absolute atomic E-state index is 11.7. The highest BCUT2D eigenvalue weighted by molar-refractivity contribution is 7.81. The number of aryl methyl sites for hydroxylation is 1. The zero-order valence-corrected chi connectivity index (χ0v) is 10.3. The second-order valence-electron chi connectivity index (χ2n) is 3.78. The fourth-order valence-corrected chi connectivity index (χ4v) is 2.06. The van der Waals surface area contributed by atoms with Crippen LogP contribution in [0.15, 0.2) is 36.4 Å². The van der Waals surface area contributed by atoms with Gasteiger partial charge in [-0.25, -0.2) is 4.79 Å². The Labute approximate surface area is 104 Å². The molecule has 0 saturated heterocycles. The predicted molar refractivity (Wildman–Crippen MR) is 65.6 cm³/mol. The van der Waals surface area contributed by atoms with E-state index < -0.39 is 16.4 Å². The largest absolute Gasteiger partial charge is 0.449 e. The summed E-state index contributed by atoms with van der Waals surface area (Å²) >= 11 is 0. The monoisotopic (exact) mass is 266 g/mol.